The zero-order chi connectivity index (χ0) is 13.7. The molecule has 0 aliphatic carbocycles. The van der Waals surface area contributed by atoms with Crippen LogP contribution in [-0.4, -0.2) is 35.2 Å². The van der Waals surface area contributed by atoms with Crippen LogP contribution < -0.4 is 11.1 Å². The molecule has 1 amide bonds. The van der Waals surface area contributed by atoms with Crippen LogP contribution in [0.5, 0.6) is 0 Å². The highest BCUT2D eigenvalue weighted by molar-refractivity contribution is 5.89. The number of carbonyl (C=O) groups is 2. The number of hydrogen-bond donors (Lipinski definition) is 3. The number of halogens is 3. The third-order valence-electron chi connectivity index (χ3n) is 2.25. The van der Waals surface area contributed by atoms with Gasteiger partial charge in [0, 0.05) is 0 Å². The zero-order valence-corrected chi connectivity index (χ0v) is 9.30. The van der Waals surface area contributed by atoms with Gasteiger partial charge < -0.3 is 16.2 Å². The van der Waals surface area contributed by atoms with Crippen molar-refractivity contribution in [3.63, 3.8) is 0 Å². The summed E-state index contributed by atoms with van der Waals surface area (Å²) >= 11 is 0. The van der Waals surface area contributed by atoms with E-state index in [2.05, 4.69) is 0 Å². The number of carboxylic acids is 1. The first kappa shape index (κ1) is 15.7. The largest absolute Gasteiger partial charge is 0.480 e. The standard InChI is InChI=1S/C9H15F3N2O3/c1-8(7(16)17,4-2-3-5-13)14-6(15)9(10,11)12/h2-5,13H2,1H3,(H,14,15)(H,16,17)/t8-/m0/s1. The second-order valence-corrected chi connectivity index (χ2v) is 3.83. The van der Waals surface area contributed by atoms with E-state index in [4.69, 9.17) is 10.8 Å². The Balaban J connectivity index is 4.62. The quantitative estimate of drug-likeness (QED) is 0.608. The number of carbonyl (C=O) groups excluding carboxylic acids is 1. The molecule has 5 nitrogen and oxygen atoms in total. The minimum Gasteiger partial charge on any atom is -0.480 e. The molecule has 0 aromatic heterocycles. The average molecular weight is 256 g/mol. The van der Waals surface area contributed by atoms with Crippen molar-refractivity contribution in [3.05, 3.63) is 0 Å². The molecule has 0 aromatic carbocycles. The number of nitrogens with two attached hydrogens (primary N) is 1. The summed E-state index contributed by atoms with van der Waals surface area (Å²) in [6.45, 7) is 1.35. The molecular weight excluding hydrogens is 241 g/mol. The summed E-state index contributed by atoms with van der Waals surface area (Å²) in [5, 5.41) is 10.3. The molecule has 0 fully saturated rings. The van der Waals surface area contributed by atoms with Crippen molar-refractivity contribution in [2.75, 3.05) is 6.54 Å². The van der Waals surface area contributed by atoms with Gasteiger partial charge in [-0.05, 0) is 32.7 Å². The second-order valence-electron chi connectivity index (χ2n) is 3.83. The maximum absolute atomic E-state index is 12.0. The third-order valence-corrected chi connectivity index (χ3v) is 2.25. The number of aliphatic carboxylic acids is 1. The molecule has 0 radical (unpaired) electrons. The first-order valence-electron chi connectivity index (χ1n) is 4.96. The molecule has 1 atom stereocenters. The van der Waals surface area contributed by atoms with Crippen LogP contribution in [0.1, 0.15) is 26.2 Å². The maximum atomic E-state index is 12.0. The average Bonchev–Trinajstić information content (AvgIpc) is 2.16. The predicted molar refractivity (Wildman–Crippen MR) is 53.1 cm³/mol. The minimum atomic E-state index is -5.09. The molecule has 4 N–H and O–H groups in total. The Kier molecular flexibility index (Phi) is 5.40. The van der Waals surface area contributed by atoms with Crippen LogP contribution in [0.3, 0.4) is 0 Å². The summed E-state index contributed by atoms with van der Waals surface area (Å²) in [6, 6.07) is 0. The Bertz CT molecular complexity index is 294. The molecule has 0 aliphatic rings. The molecule has 0 saturated heterocycles. The summed E-state index contributed by atoms with van der Waals surface area (Å²) in [4.78, 5) is 21.6. The smallest absolute Gasteiger partial charge is 0.471 e. The molecule has 17 heavy (non-hydrogen) atoms. The molecule has 0 spiro atoms. The Morgan fingerprint density at radius 2 is 1.82 bits per heavy atom. The summed E-state index contributed by atoms with van der Waals surface area (Å²) in [5.41, 5.74) is 3.26. The van der Waals surface area contributed by atoms with Crippen molar-refractivity contribution in [1.82, 2.24) is 5.32 Å². The van der Waals surface area contributed by atoms with Gasteiger partial charge in [0.05, 0.1) is 0 Å². The van der Waals surface area contributed by atoms with Gasteiger partial charge in [-0.3, -0.25) is 4.79 Å². The van der Waals surface area contributed by atoms with Gasteiger partial charge in [-0.25, -0.2) is 4.79 Å². The molecule has 0 unspecified atom stereocenters. The lowest BCUT2D eigenvalue weighted by Crippen LogP contribution is -2.55. The molecule has 0 heterocycles. The highest BCUT2D eigenvalue weighted by atomic mass is 19.4. The number of carboxylic acid groups (broad SMARTS) is 1. The van der Waals surface area contributed by atoms with Crippen molar-refractivity contribution in [3.8, 4) is 0 Å². The first-order chi connectivity index (χ1) is 7.63. The number of rotatable bonds is 6. The normalized spacial score (nSPS) is 15.1. The number of unbranched alkanes of at least 4 members (excludes halogenated alkanes) is 1. The molecule has 0 aromatic rings. The lowest BCUT2D eigenvalue weighted by molar-refractivity contribution is -0.177. The van der Waals surface area contributed by atoms with Crippen LogP contribution in [0.4, 0.5) is 13.2 Å². The zero-order valence-electron chi connectivity index (χ0n) is 9.30. The van der Waals surface area contributed by atoms with Crippen LogP contribution in [0.25, 0.3) is 0 Å². The Morgan fingerprint density at radius 1 is 1.29 bits per heavy atom. The van der Waals surface area contributed by atoms with Gasteiger partial charge in [0.1, 0.15) is 5.54 Å². The number of hydrogen-bond acceptors (Lipinski definition) is 3. The van der Waals surface area contributed by atoms with Crippen molar-refractivity contribution >= 4 is 11.9 Å². The van der Waals surface area contributed by atoms with Gasteiger partial charge in [-0.1, -0.05) is 0 Å². The van der Waals surface area contributed by atoms with E-state index in [-0.39, 0.29) is 6.42 Å². The van der Waals surface area contributed by atoms with Gasteiger partial charge in [0.25, 0.3) is 0 Å². The van der Waals surface area contributed by atoms with E-state index in [9.17, 15) is 22.8 Å². The highest BCUT2D eigenvalue weighted by Gasteiger charge is 2.44. The van der Waals surface area contributed by atoms with Crippen LogP contribution in [-0.2, 0) is 9.59 Å². The van der Waals surface area contributed by atoms with E-state index >= 15 is 0 Å². The van der Waals surface area contributed by atoms with Crippen molar-refractivity contribution in [2.45, 2.75) is 37.9 Å². The van der Waals surface area contributed by atoms with Gasteiger partial charge in [-0.15, -0.1) is 0 Å². The van der Waals surface area contributed by atoms with E-state index < -0.39 is 23.6 Å². The minimum absolute atomic E-state index is 0.110. The maximum Gasteiger partial charge on any atom is 0.471 e. The summed E-state index contributed by atoms with van der Waals surface area (Å²) in [5.74, 6) is -3.76. The topological polar surface area (TPSA) is 92.4 Å². The number of alkyl halides is 3. The predicted octanol–water partition coefficient (Wildman–Crippen LogP) is 0.637. The fourth-order valence-corrected chi connectivity index (χ4v) is 1.17. The molecule has 0 aliphatic heterocycles. The van der Waals surface area contributed by atoms with Gasteiger partial charge in [0.15, 0.2) is 0 Å². The number of nitrogens with one attached hydrogen (secondary N) is 1. The molecule has 8 heteroatoms. The lowest BCUT2D eigenvalue weighted by Gasteiger charge is -2.26. The van der Waals surface area contributed by atoms with Gasteiger partial charge in [0.2, 0.25) is 0 Å². The van der Waals surface area contributed by atoms with E-state index in [1.165, 1.54) is 5.32 Å². The molecule has 100 valence electrons. The van der Waals surface area contributed by atoms with Crippen LogP contribution in [0.15, 0.2) is 0 Å². The summed E-state index contributed by atoms with van der Waals surface area (Å²) in [6.07, 6.45) is -4.41. The fraction of sp³-hybridized carbons (Fsp3) is 0.778. The van der Waals surface area contributed by atoms with Gasteiger partial charge >= 0.3 is 18.1 Å². The third kappa shape index (κ3) is 5.03. The second kappa shape index (κ2) is 5.85. The fourth-order valence-electron chi connectivity index (χ4n) is 1.17. The lowest BCUT2D eigenvalue weighted by atomic mass is 9.94. The first-order valence-corrected chi connectivity index (χ1v) is 4.96. The molecule has 0 bridgehead atoms. The Morgan fingerprint density at radius 3 is 2.18 bits per heavy atom. The monoisotopic (exact) mass is 256 g/mol. The SMILES string of the molecule is C[C@@](CCCCN)(NC(=O)C(F)(F)F)C(=O)O. The molecular formula is C9H15F3N2O3. The summed E-state index contributed by atoms with van der Waals surface area (Å²) in [7, 11) is 0. The Labute approximate surface area is 96.2 Å². The highest BCUT2D eigenvalue weighted by Crippen LogP contribution is 2.20. The van der Waals surface area contributed by atoms with E-state index in [0.29, 0.717) is 19.4 Å². The van der Waals surface area contributed by atoms with Crippen molar-refractivity contribution in [1.29, 1.82) is 0 Å². The van der Waals surface area contributed by atoms with Crippen molar-refractivity contribution in [2.24, 2.45) is 5.73 Å². The van der Waals surface area contributed by atoms with Crippen molar-refractivity contribution < 1.29 is 27.9 Å². The Hall–Kier alpha value is -1.31. The van der Waals surface area contributed by atoms with Gasteiger partial charge in [-0.2, -0.15) is 13.2 Å². The van der Waals surface area contributed by atoms with E-state index in [1.54, 1.807) is 0 Å². The number of amides is 1. The van der Waals surface area contributed by atoms with E-state index in [0.717, 1.165) is 6.92 Å². The van der Waals surface area contributed by atoms with Crippen LogP contribution in [0.2, 0.25) is 0 Å². The summed E-state index contributed by atoms with van der Waals surface area (Å²) < 4.78 is 36.0. The molecule has 0 rings (SSSR count). The molecule has 0 saturated carbocycles. The van der Waals surface area contributed by atoms with E-state index in [1.807, 2.05) is 0 Å². The van der Waals surface area contributed by atoms with Crippen LogP contribution in [0, 0.1) is 0 Å². The van der Waals surface area contributed by atoms with Crippen LogP contribution >= 0.6 is 0 Å².